The highest BCUT2D eigenvalue weighted by Gasteiger charge is 2.16. The van der Waals surface area contributed by atoms with E-state index in [2.05, 4.69) is 15.9 Å². The average Bonchev–Trinajstić information content (AvgIpc) is 2.77. The third-order valence-corrected chi connectivity index (χ3v) is 6.09. The summed E-state index contributed by atoms with van der Waals surface area (Å²) in [6, 6.07) is 17.3. The van der Waals surface area contributed by atoms with Crippen LogP contribution in [0.25, 0.3) is 6.08 Å². The van der Waals surface area contributed by atoms with Crippen LogP contribution < -0.4 is 13.7 Å². The fourth-order valence-electron chi connectivity index (χ4n) is 2.67. The summed E-state index contributed by atoms with van der Waals surface area (Å²) in [7, 11) is -0.869. The predicted molar refractivity (Wildman–Crippen MR) is 121 cm³/mol. The summed E-state index contributed by atoms with van der Waals surface area (Å²) < 4.78 is 41.1. The number of halogens is 1. The summed E-state index contributed by atoms with van der Waals surface area (Å²) in [5, 5.41) is 0. The van der Waals surface area contributed by atoms with Crippen molar-refractivity contribution in [1.82, 2.24) is 0 Å². The molecule has 0 aliphatic carbocycles. The maximum atomic E-state index is 12.5. The van der Waals surface area contributed by atoms with Gasteiger partial charge >= 0.3 is 10.1 Å². The minimum Gasteiger partial charge on any atom is -0.497 e. The highest BCUT2D eigenvalue weighted by atomic mass is 79.9. The Labute approximate surface area is 189 Å². The number of ether oxygens (including phenoxy) is 2. The van der Waals surface area contributed by atoms with E-state index < -0.39 is 10.1 Å². The Morgan fingerprint density at radius 1 is 0.871 bits per heavy atom. The topological polar surface area (TPSA) is 78.9 Å². The van der Waals surface area contributed by atoms with Crippen LogP contribution in [0.3, 0.4) is 0 Å². The molecular formula is C23H19BrO6S. The van der Waals surface area contributed by atoms with Gasteiger partial charge in [-0.2, -0.15) is 8.42 Å². The Morgan fingerprint density at radius 3 is 2.13 bits per heavy atom. The van der Waals surface area contributed by atoms with Crippen molar-refractivity contribution in [3.8, 4) is 17.2 Å². The molecule has 0 bridgehead atoms. The smallest absolute Gasteiger partial charge is 0.339 e. The summed E-state index contributed by atoms with van der Waals surface area (Å²) in [5.74, 6) is 1.08. The SMILES string of the molecule is COc1ccc(/C=C\C(=O)c2ccc(OS(=O)(=O)c3ccc(Br)cc3)cc2)c(OC)c1. The van der Waals surface area contributed by atoms with E-state index in [9.17, 15) is 13.2 Å². The van der Waals surface area contributed by atoms with E-state index in [4.69, 9.17) is 13.7 Å². The van der Waals surface area contributed by atoms with Gasteiger partial charge in [-0.25, -0.2) is 0 Å². The lowest BCUT2D eigenvalue weighted by molar-refractivity contribution is 0.104. The monoisotopic (exact) mass is 502 g/mol. The van der Waals surface area contributed by atoms with Crippen LogP contribution in [0, 0.1) is 0 Å². The van der Waals surface area contributed by atoms with Gasteiger partial charge in [0.1, 0.15) is 22.1 Å². The van der Waals surface area contributed by atoms with Crippen LogP contribution in [0.4, 0.5) is 0 Å². The van der Waals surface area contributed by atoms with Gasteiger partial charge in [0, 0.05) is 21.7 Å². The van der Waals surface area contributed by atoms with Crippen molar-refractivity contribution in [3.63, 3.8) is 0 Å². The fraction of sp³-hybridized carbons (Fsp3) is 0.0870. The molecule has 0 amide bonds. The zero-order valence-electron chi connectivity index (χ0n) is 16.7. The Kier molecular flexibility index (Phi) is 7.14. The van der Waals surface area contributed by atoms with Crippen LogP contribution in [0.15, 0.2) is 82.2 Å². The molecule has 31 heavy (non-hydrogen) atoms. The molecule has 0 fully saturated rings. The fourth-order valence-corrected chi connectivity index (χ4v) is 3.86. The van der Waals surface area contributed by atoms with Crippen molar-refractivity contribution >= 4 is 37.9 Å². The first-order valence-electron chi connectivity index (χ1n) is 9.07. The molecule has 3 rings (SSSR count). The van der Waals surface area contributed by atoms with Crippen molar-refractivity contribution in [2.45, 2.75) is 4.90 Å². The lowest BCUT2D eigenvalue weighted by atomic mass is 10.1. The van der Waals surface area contributed by atoms with Crippen molar-refractivity contribution in [2.24, 2.45) is 0 Å². The van der Waals surface area contributed by atoms with Crippen molar-refractivity contribution in [3.05, 3.63) is 88.4 Å². The van der Waals surface area contributed by atoms with Gasteiger partial charge in [-0.1, -0.05) is 15.9 Å². The number of carbonyl (C=O) groups is 1. The molecule has 0 atom stereocenters. The van der Waals surface area contributed by atoms with Gasteiger partial charge in [-0.3, -0.25) is 4.79 Å². The van der Waals surface area contributed by atoms with E-state index in [1.165, 1.54) is 49.6 Å². The van der Waals surface area contributed by atoms with E-state index in [0.29, 0.717) is 17.1 Å². The summed E-state index contributed by atoms with van der Waals surface area (Å²) in [5.41, 5.74) is 1.11. The molecule has 0 N–H and O–H groups in total. The molecule has 160 valence electrons. The van der Waals surface area contributed by atoms with E-state index in [-0.39, 0.29) is 16.4 Å². The molecule has 6 nitrogen and oxygen atoms in total. The third-order valence-electron chi connectivity index (χ3n) is 4.30. The van der Waals surface area contributed by atoms with Crippen LogP contribution in [0.2, 0.25) is 0 Å². The molecule has 0 heterocycles. The lowest BCUT2D eigenvalue weighted by Gasteiger charge is -2.08. The molecule has 0 saturated carbocycles. The van der Waals surface area contributed by atoms with Crippen LogP contribution in [-0.2, 0) is 10.1 Å². The van der Waals surface area contributed by atoms with Crippen LogP contribution >= 0.6 is 15.9 Å². The summed E-state index contributed by atoms with van der Waals surface area (Å²) in [6.45, 7) is 0. The normalized spacial score (nSPS) is 11.3. The van der Waals surface area contributed by atoms with E-state index in [0.717, 1.165) is 10.0 Å². The standard InChI is InChI=1S/C23H19BrO6S/c1-28-20-11-5-17(23(15-20)29-2)6-14-22(25)16-3-9-19(10-4-16)30-31(26,27)21-12-7-18(24)8-13-21/h3-15H,1-2H3/b14-6-. The molecule has 0 spiro atoms. The Balaban J connectivity index is 1.72. The summed E-state index contributed by atoms with van der Waals surface area (Å²) >= 11 is 3.26. The number of ketones is 1. The van der Waals surface area contributed by atoms with Gasteiger partial charge in [-0.05, 0) is 72.8 Å². The minimum absolute atomic E-state index is 0.0345. The molecule has 0 radical (unpaired) electrons. The minimum atomic E-state index is -3.97. The number of methoxy groups -OCH3 is 2. The number of rotatable bonds is 8. The van der Waals surface area contributed by atoms with Gasteiger partial charge in [0.2, 0.25) is 0 Å². The largest absolute Gasteiger partial charge is 0.497 e. The summed E-state index contributed by atoms with van der Waals surface area (Å²) in [6.07, 6.45) is 3.06. The first-order chi connectivity index (χ1) is 14.8. The Morgan fingerprint density at radius 2 is 1.52 bits per heavy atom. The van der Waals surface area contributed by atoms with E-state index in [1.807, 2.05) is 0 Å². The second kappa shape index (κ2) is 9.80. The maximum Gasteiger partial charge on any atom is 0.339 e. The van der Waals surface area contributed by atoms with Crippen molar-refractivity contribution < 1.29 is 26.9 Å². The lowest BCUT2D eigenvalue weighted by Crippen LogP contribution is -2.09. The second-order valence-electron chi connectivity index (χ2n) is 6.32. The molecule has 0 aromatic heterocycles. The van der Waals surface area contributed by atoms with E-state index >= 15 is 0 Å². The Bertz CT molecular complexity index is 1200. The van der Waals surface area contributed by atoms with Crippen molar-refractivity contribution in [2.75, 3.05) is 14.2 Å². The third kappa shape index (κ3) is 5.74. The van der Waals surface area contributed by atoms with Gasteiger partial charge < -0.3 is 13.7 Å². The summed E-state index contributed by atoms with van der Waals surface area (Å²) in [4.78, 5) is 12.5. The Hall–Kier alpha value is -3.10. The van der Waals surface area contributed by atoms with Crippen molar-refractivity contribution in [1.29, 1.82) is 0 Å². The van der Waals surface area contributed by atoms with E-state index in [1.54, 1.807) is 43.5 Å². The maximum absolute atomic E-state index is 12.5. The molecule has 0 saturated heterocycles. The first-order valence-corrected chi connectivity index (χ1v) is 11.3. The zero-order valence-corrected chi connectivity index (χ0v) is 19.1. The molecule has 0 aliphatic heterocycles. The van der Waals surface area contributed by atoms with Gasteiger partial charge in [0.25, 0.3) is 0 Å². The highest BCUT2D eigenvalue weighted by molar-refractivity contribution is 9.10. The van der Waals surface area contributed by atoms with Crippen LogP contribution in [0.1, 0.15) is 15.9 Å². The number of benzene rings is 3. The molecule has 8 heteroatoms. The molecule has 0 unspecified atom stereocenters. The number of carbonyl (C=O) groups excluding carboxylic acids is 1. The zero-order chi connectivity index (χ0) is 22.4. The highest BCUT2D eigenvalue weighted by Crippen LogP contribution is 2.26. The molecule has 0 aliphatic rings. The van der Waals surface area contributed by atoms with Crippen LogP contribution in [0.5, 0.6) is 17.2 Å². The number of hydrogen-bond acceptors (Lipinski definition) is 6. The first kappa shape index (κ1) is 22.6. The molecule has 3 aromatic carbocycles. The number of hydrogen-bond donors (Lipinski definition) is 0. The quantitative estimate of drug-likeness (QED) is 0.241. The van der Waals surface area contributed by atoms with Gasteiger partial charge in [0.05, 0.1) is 14.2 Å². The van der Waals surface area contributed by atoms with Gasteiger partial charge in [-0.15, -0.1) is 0 Å². The second-order valence-corrected chi connectivity index (χ2v) is 8.78. The molecular weight excluding hydrogens is 484 g/mol. The number of allylic oxidation sites excluding steroid dienone is 1. The predicted octanol–water partition coefficient (Wildman–Crippen LogP) is 5.13. The average molecular weight is 503 g/mol. The molecule has 3 aromatic rings. The van der Waals surface area contributed by atoms with Crippen LogP contribution in [-0.4, -0.2) is 28.4 Å². The van der Waals surface area contributed by atoms with Gasteiger partial charge in [0.15, 0.2) is 5.78 Å².